The molecule has 19 heavy (non-hydrogen) atoms. The van der Waals surface area contributed by atoms with E-state index >= 15 is 0 Å². The summed E-state index contributed by atoms with van der Waals surface area (Å²) in [6.45, 7) is 6.77. The van der Waals surface area contributed by atoms with Crippen LogP contribution in [0.3, 0.4) is 0 Å². The third-order valence-electron chi connectivity index (χ3n) is 2.56. The molecule has 0 aromatic carbocycles. The third kappa shape index (κ3) is 4.48. The molecule has 1 heterocycles. The number of Topliss-reactive ketones (excluding diaryl/α,β-unsaturated/α-hetero) is 1. The van der Waals surface area contributed by atoms with E-state index in [9.17, 15) is 14.4 Å². The normalized spacial score (nSPS) is 10.9. The highest BCUT2D eigenvalue weighted by Crippen LogP contribution is 1.94. The van der Waals surface area contributed by atoms with Gasteiger partial charge in [-0.3, -0.25) is 14.2 Å². The summed E-state index contributed by atoms with van der Waals surface area (Å²) in [6.07, 6.45) is 1.72. The molecule has 1 N–H and O–H groups in total. The van der Waals surface area contributed by atoms with Gasteiger partial charge in [0.1, 0.15) is 0 Å². The number of aromatic nitrogens is 2. The van der Waals surface area contributed by atoms with E-state index in [1.54, 1.807) is 0 Å². The van der Waals surface area contributed by atoms with Crippen LogP contribution >= 0.6 is 0 Å². The first kappa shape index (κ1) is 15.4. The fourth-order valence-electron chi connectivity index (χ4n) is 1.61. The first-order valence-corrected chi connectivity index (χ1v) is 6.34. The number of carbonyl (C=O) groups is 1. The van der Waals surface area contributed by atoms with Crippen molar-refractivity contribution in [3.8, 4) is 0 Å². The minimum atomic E-state index is -0.542. The van der Waals surface area contributed by atoms with E-state index in [4.69, 9.17) is 4.74 Å². The van der Waals surface area contributed by atoms with Crippen LogP contribution in [-0.4, -0.2) is 28.5 Å². The van der Waals surface area contributed by atoms with Gasteiger partial charge in [0.25, 0.3) is 5.56 Å². The van der Waals surface area contributed by atoms with Gasteiger partial charge in [0.15, 0.2) is 5.78 Å². The molecule has 0 aliphatic heterocycles. The minimum absolute atomic E-state index is 0.00250. The average molecular weight is 268 g/mol. The van der Waals surface area contributed by atoms with Crippen molar-refractivity contribution in [3.63, 3.8) is 0 Å². The molecule has 0 atom stereocenters. The first-order chi connectivity index (χ1) is 8.93. The Labute approximate surface area is 111 Å². The lowest BCUT2D eigenvalue weighted by Gasteiger charge is -2.08. The molecule has 0 bridgehead atoms. The van der Waals surface area contributed by atoms with Crippen LogP contribution in [0, 0.1) is 5.92 Å². The van der Waals surface area contributed by atoms with Gasteiger partial charge in [0.2, 0.25) is 0 Å². The summed E-state index contributed by atoms with van der Waals surface area (Å²) in [5, 5.41) is 0. The molecule has 0 saturated heterocycles. The molecule has 0 aliphatic carbocycles. The summed E-state index contributed by atoms with van der Waals surface area (Å²) in [4.78, 5) is 37.0. The molecule has 0 unspecified atom stereocenters. The predicted octanol–water partition coefficient (Wildman–Crippen LogP) is 0.802. The van der Waals surface area contributed by atoms with Crippen molar-refractivity contribution in [2.45, 2.75) is 33.7 Å². The SMILES string of the molecule is CC(=O)c1c[nH]c(=O)n(CCCOCC(C)C)c1=O. The zero-order chi connectivity index (χ0) is 14.4. The molecule has 0 saturated carbocycles. The van der Waals surface area contributed by atoms with Crippen LogP contribution < -0.4 is 11.2 Å². The molecule has 0 fully saturated rings. The summed E-state index contributed by atoms with van der Waals surface area (Å²) >= 11 is 0. The standard InChI is InChI=1S/C13H20N2O4/c1-9(2)8-19-6-4-5-15-12(17)11(10(3)16)7-14-13(15)18/h7,9H,4-6,8H2,1-3H3,(H,14,18). The zero-order valence-electron chi connectivity index (χ0n) is 11.6. The van der Waals surface area contributed by atoms with E-state index in [0.717, 1.165) is 4.57 Å². The highest BCUT2D eigenvalue weighted by Gasteiger charge is 2.10. The Kier molecular flexibility index (Phi) is 5.69. The molecule has 0 spiro atoms. The number of nitrogens with one attached hydrogen (secondary N) is 1. The maximum Gasteiger partial charge on any atom is 0.328 e. The van der Waals surface area contributed by atoms with Gasteiger partial charge in [-0.1, -0.05) is 13.8 Å². The van der Waals surface area contributed by atoms with E-state index in [2.05, 4.69) is 4.98 Å². The fraction of sp³-hybridized carbons (Fsp3) is 0.615. The van der Waals surface area contributed by atoms with Crippen molar-refractivity contribution in [3.05, 3.63) is 32.6 Å². The van der Waals surface area contributed by atoms with Crippen LogP contribution in [0.2, 0.25) is 0 Å². The van der Waals surface area contributed by atoms with Crippen LogP contribution in [-0.2, 0) is 11.3 Å². The number of ether oxygens (including phenoxy) is 1. The molecule has 6 heteroatoms. The number of ketones is 1. The smallest absolute Gasteiger partial charge is 0.328 e. The van der Waals surface area contributed by atoms with Crippen molar-refractivity contribution < 1.29 is 9.53 Å². The molecular formula is C13H20N2O4. The van der Waals surface area contributed by atoms with Gasteiger partial charge in [-0.25, -0.2) is 4.79 Å². The summed E-state index contributed by atoms with van der Waals surface area (Å²) in [5.74, 6) is 0.0956. The van der Waals surface area contributed by atoms with Crippen LogP contribution in [0.4, 0.5) is 0 Å². The lowest BCUT2D eigenvalue weighted by atomic mass is 10.2. The largest absolute Gasteiger partial charge is 0.381 e. The lowest BCUT2D eigenvalue weighted by molar-refractivity contribution is 0.101. The maximum absolute atomic E-state index is 11.9. The van der Waals surface area contributed by atoms with Crippen molar-refractivity contribution in [1.82, 2.24) is 9.55 Å². The maximum atomic E-state index is 11.9. The predicted molar refractivity (Wildman–Crippen MR) is 71.6 cm³/mol. The van der Waals surface area contributed by atoms with Crippen LogP contribution in [0.25, 0.3) is 0 Å². The number of carbonyl (C=O) groups excluding carboxylic acids is 1. The Bertz CT molecular complexity index is 542. The van der Waals surface area contributed by atoms with Gasteiger partial charge in [0, 0.05) is 26.0 Å². The fourth-order valence-corrected chi connectivity index (χ4v) is 1.61. The molecular weight excluding hydrogens is 248 g/mol. The third-order valence-corrected chi connectivity index (χ3v) is 2.56. The quantitative estimate of drug-likeness (QED) is 0.586. The number of rotatable bonds is 7. The second-order valence-corrected chi connectivity index (χ2v) is 4.84. The summed E-state index contributed by atoms with van der Waals surface area (Å²) in [6, 6.07) is 0. The Morgan fingerprint density at radius 2 is 2.11 bits per heavy atom. The van der Waals surface area contributed by atoms with E-state index in [1.165, 1.54) is 13.1 Å². The average Bonchev–Trinajstić information content (AvgIpc) is 2.31. The molecule has 106 valence electrons. The molecule has 1 aromatic heterocycles. The number of nitrogens with zero attached hydrogens (tertiary/aromatic N) is 1. The van der Waals surface area contributed by atoms with E-state index in [1.807, 2.05) is 13.8 Å². The summed E-state index contributed by atoms with van der Waals surface area (Å²) in [7, 11) is 0. The number of hydrogen-bond acceptors (Lipinski definition) is 4. The number of hydrogen-bond donors (Lipinski definition) is 1. The van der Waals surface area contributed by atoms with E-state index in [0.29, 0.717) is 25.6 Å². The highest BCUT2D eigenvalue weighted by molar-refractivity contribution is 5.93. The van der Waals surface area contributed by atoms with Crippen molar-refractivity contribution in [1.29, 1.82) is 0 Å². The molecule has 1 aromatic rings. The topological polar surface area (TPSA) is 81.2 Å². The summed E-state index contributed by atoms with van der Waals surface area (Å²) in [5.41, 5.74) is -1.04. The zero-order valence-corrected chi connectivity index (χ0v) is 11.6. The first-order valence-electron chi connectivity index (χ1n) is 6.34. The van der Waals surface area contributed by atoms with Gasteiger partial charge >= 0.3 is 5.69 Å². The Morgan fingerprint density at radius 3 is 2.68 bits per heavy atom. The Hall–Kier alpha value is -1.69. The monoisotopic (exact) mass is 268 g/mol. The molecule has 0 radical (unpaired) electrons. The minimum Gasteiger partial charge on any atom is -0.381 e. The van der Waals surface area contributed by atoms with Gasteiger partial charge in [-0.15, -0.1) is 0 Å². The Balaban J connectivity index is 2.68. The summed E-state index contributed by atoms with van der Waals surface area (Å²) < 4.78 is 6.42. The number of aromatic amines is 1. The van der Waals surface area contributed by atoms with Crippen LogP contribution in [0.15, 0.2) is 15.8 Å². The number of H-pyrrole nitrogens is 1. The van der Waals surface area contributed by atoms with Crippen LogP contribution in [0.1, 0.15) is 37.6 Å². The highest BCUT2D eigenvalue weighted by atomic mass is 16.5. The lowest BCUT2D eigenvalue weighted by Crippen LogP contribution is -2.38. The van der Waals surface area contributed by atoms with Crippen molar-refractivity contribution >= 4 is 5.78 Å². The van der Waals surface area contributed by atoms with E-state index < -0.39 is 11.2 Å². The molecule has 6 nitrogen and oxygen atoms in total. The van der Waals surface area contributed by atoms with Crippen LogP contribution in [0.5, 0.6) is 0 Å². The van der Waals surface area contributed by atoms with Gasteiger partial charge in [-0.05, 0) is 19.3 Å². The van der Waals surface area contributed by atoms with Crippen molar-refractivity contribution in [2.24, 2.45) is 5.92 Å². The van der Waals surface area contributed by atoms with E-state index in [-0.39, 0.29) is 17.9 Å². The van der Waals surface area contributed by atoms with Gasteiger partial charge in [0.05, 0.1) is 5.56 Å². The molecule has 0 aliphatic rings. The Morgan fingerprint density at radius 1 is 1.42 bits per heavy atom. The van der Waals surface area contributed by atoms with Gasteiger partial charge in [-0.2, -0.15) is 0 Å². The molecule has 0 amide bonds. The van der Waals surface area contributed by atoms with Crippen molar-refractivity contribution in [2.75, 3.05) is 13.2 Å². The second-order valence-electron chi connectivity index (χ2n) is 4.84. The molecule has 1 rings (SSSR count). The second kappa shape index (κ2) is 7.04. The van der Waals surface area contributed by atoms with Gasteiger partial charge < -0.3 is 9.72 Å².